The van der Waals surface area contributed by atoms with E-state index in [1.807, 2.05) is 0 Å². The first-order valence-corrected chi connectivity index (χ1v) is 7.20. The summed E-state index contributed by atoms with van der Waals surface area (Å²) < 4.78 is 5.58. The van der Waals surface area contributed by atoms with Crippen LogP contribution in [0.15, 0.2) is 24.3 Å². The summed E-state index contributed by atoms with van der Waals surface area (Å²) in [6.45, 7) is 2.93. The van der Waals surface area contributed by atoms with Crippen LogP contribution >= 0.6 is 12.4 Å². The Hall–Kier alpha value is -1.22. The molecule has 1 rings (SSSR count). The monoisotopic (exact) mass is 300 g/mol. The third kappa shape index (κ3) is 8.05. The minimum atomic E-state index is -0.904. The van der Waals surface area contributed by atoms with Gasteiger partial charge in [0.05, 0.1) is 12.2 Å². The van der Waals surface area contributed by atoms with Crippen molar-refractivity contribution in [1.82, 2.24) is 0 Å². The van der Waals surface area contributed by atoms with E-state index >= 15 is 0 Å². The number of rotatable bonds is 10. The van der Waals surface area contributed by atoms with Crippen LogP contribution in [0.3, 0.4) is 0 Å². The van der Waals surface area contributed by atoms with Crippen LogP contribution in [-0.4, -0.2) is 17.7 Å². The number of halogens is 1. The zero-order valence-electron chi connectivity index (χ0n) is 12.1. The van der Waals surface area contributed by atoms with Crippen molar-refractivity contribution in [3.63, 3.8) is 0 Å². The van der Waals surface area contributed by atoms with Gasteiger partial charge >= 0.3 is 5.97 Å². The van der Waals surface area contributed by atoms with E-state index in [4.69, 9.17) is 9.84 Å². The predicted octanol–water partition coefficient (Wildman–Crippen LogP) is 4.94. The number of hydrogen-bond donors (Lipinski definition) is 1. The summed E-state index contributed by atoms with van der Waals surface area (Å²) in [5.41, 5.74) is 0.295. The smallest absolute Gasteiger partial charge is 0.335 e. The van der Waals surface area contributed by atoms with Crippen LogP contribution in [-0.2, 0) is 0 Å². The minimum absolute atomic E-state index is 0. The molecule has 1 aromatic carbocycles. The predicted molar refractivity (Wildman–Crippen MR) is 84.1 cm³/mol. The highest BCUT2D eigenvalue weighted by Crippen LogP contribution is 2.13. The molecule has 0 aliphatic carbocycles. The number of aromatic carboxylic acids is 1. The molecule has 0 saturated carbocycles. The second kappa shape index (κ2) is 11.6. The van der Waals surface area contributed by atoms with E-state index in [-0.39, 0.29) is 12.4 Å². The second-order valence-electron chi connectivity index (χ2n) is 4.80. The average Bonchev–Trinajstić information content (AvgIpc) is 2.42. The van der Waals surface area contributed by atoms with Gasteiger partial charge in [0.25, 0.3) is 0 Å². The number of ether oxygens (including phenoxy) is 1. The third-order valence-corrected chi connectivity index (χ3v) is 3.12. The fraction of sp³-hybridized carbons (Fsp3) is 0.562. The SMILES string of the molecule is CCCCCCCCCOc1ccc(C(=O)O)cc1.Cl. The summed E-state index contributed by atoms with van der Waals surface area (Å²) in [5.74, 6) is -0.158. The molecule has 0 amide bonds. The first kappa shape index (κ1) is 18.8. The number of hydrogen-bond acceptors (Lipinski definition) is 2. The van der Waals surface area contributed by atoms with Crippen molar-refractivity contribution in [2.45, 2.75) is 51.9 Å². The van der Waals surface area contributed by atoms with Gasteiger partial charge in [0.2, 0.25) is 0 Å². The van der Waals surface area contributed by atoms with E-state index in [9.17, 15) is 4.79 Å². The zero-order valence-corrected chi connectivity index (χ0v) is 13.0. The van der Waals surface area contributed by atoms with Crippen LogP contribution < -0.4 is 4.74 Å². The molecule has 20 heavy (non-hydrogen) atoms. The van der Waals surface area contributed by atoms with Crippen LogP contribution in [0.1, 0.15) is 62.2 Å². The third-order valence-electron chi connectivity index (χ3n) is 3.12. The summed E-state index contributed by atoms with van der Waals surface area (Å²) >= 11 is 0. The molecule has 0 fully saturated rings. The van der Waals surface area contributed by atoms with Gasteiger partial charge in [-0.25, -0.2) is 4.79 Å². The standard InChI is InChI=1S/C16H24O3.ClH/c1-2-3-4-5-6-7-8-13-19-15-11-9-14(10-12-15)16(17)18;/h9-12H,2-8,13H2,1H3,(H,17,18);1H. The summed E-state index contributed by atoms with van der Waals surface area (Å²) in [4.78, 5) is 10.7. The molecule has 0 spiro atoms. The Morgan fingerprint density at radius 2 is 1.55 bits per heavy atom. The van der Waals surface area contributed by atoms with Crippen molar-refractivity contribution in [3.8, 4) is 5.75 Å². The first-order chi connectivity index (χ1) is 9.24. The second-order valence-corrected chi connectivity index (χ2v) is 4.80. The molecule has 1 N–H and O–H groups in total. The van der Waals surface area contributed by atoms with Gasteiger partial charge in [-0.15, -0.1) is 12.4 Å². The van der Waals surface area contributed by atoms with E-state index in [2.05, 4.69) is 6.92 Å². The maximum absolute atomic E-state index is 10.7. The fourth-order valence-electron chi connectivity index (χ4n) is 1.94. The Bertz CT molecular complexity index is 362. The van der Waals surface area contributed by atoms with Crippen LogP contribution in [0, 0.1) is 0 Å². The van der Waals surface area contributed by atoms with E-state index in [0.29, 0.717) is 12.2 Å². The Morgan fingerprint density at radius 3 is 2.10 bits per heavy atom. The zero-order chi connectivity index (χ0) is 13.9. The average molecular weight is 301 g/mol. The molecule has 0 atom stereocenters. The van der Waals surface area contributed by atoms with Gasteiger partial charge < -0.3 is 9.84 Å². The van der Waals surface area contributed by atoms with Gasteiger partial charge in [0, 0.05) is 0 Å². The Balaban J connectivity index is 0.00000361. The first-order valence-electron chi connectivity index (χ1n) is 7.20. The van der Waals surface area contributed by atoms with Crippen LogP contribution in [0.2, 0.25) is 0 Å². The minimum Gasteiger partial charge on any atom is -0.494 e. The van der Waals surface area contributed by atoms with E-state index < -0.39 is 5.97 Å². The van der Waals surface area contributed by atoms with Crippen LogP contribution in [0.5, 0.6) is 5.75 Å². The Labute approximate surface area is 127 Å². The molecule has 3 nitrogen and oxygen atoms in total. The van der Waals surface area contributed by atoms with Crippen LogP contribution in [0.4, 0.5) is 0 Å². The number of carboxylic acid groups (broad SMARTS) is 1. The van der Waals surface area contributed by atoms with Crippen molar-refractivity contribution in [2.24, 2.45) is 0 Å². The molecule has 114 valence electrons. The lowest BCUT2D eigenvalue weighted by Crippen LogP contribution is -1.99. The highest BCUT2D eigenvalue weighted by molar-refractivity contribution is 5.87. The molecular formula is C16H25ClO3. The van der Waals surface area contributed by atoms with Crippen LogP contribution in [0.25, 0.3) is 0 Å². The van der Waals surface area contributed by atoms with Crippen molar-refractivity contribution in [3.05, 3.63) is 29.8 Å². The van der Waals surface area contributed by atoms with E-state index in [0.717, 1.165) is 12.2 Å². The van der Waals surface area contributed by atoms with Gasteiger partial charge in [-0.3, -0.25) is 0 Å². The van der Waals surface area contributed by atoms with Gasteiger partial charge in [-0.1, -0.05) is 45.4 Å². The molecular weight excluding hydrogens is 276 g/mol. The molecule has 0 aromatic heterocycles. The summed E-state index contributed by atoms with van der Waals surface area (Å²) in [6.07, 6.45) is 8.84. The quantitative estimate of drug-likeness (QED) is 0.623. The summed E-state index contributed by atoms with van der Waals surface area (Å²) in [7, 11) is 0. The summed E-state index contributed by atoms with van der Waals surface area (Å²) in [5, 5.41) is 8.77. The van der Waals surface area contributed by atoms with E-state index in [1.165, 1.54) is 38.5 Å². The number of carboxylic acids is 1. The van der Waals surface area contributed by atoms with Gasteiger partial charge in [-0.2, -0.15) is 0 Å². The Kier molecular flexibility index (Phi) is 10.9. The largest absolute Gasteiger partial charge is 0.494 e. The fourth-order valence-corrected chi connectivity index (χ4v) is 1.94. The normalized spacial score (nSPS) is 9.85. The molecule has 4 heteroatoms. The maximum Gasteiger partial charge on any atom is 0.335 e. The maximum atomic E-state index is 10.7. The lowest BCUT2D eigenvalue weighted by molar-refractivity contribution is 0.0697. The van der Waals surface area contributed by atoms with Gasteiger partial charge in [0.15, 0.2) is 0 Å². The van der Waals surface area contributed by atoms with Gasteiger partial charge in [-0.05, 0) is 30.7 Å². The molecule has 0 radical (unpaired) electrons. The molecule has 0 bridgehead atoms. The van der Waals surface area contributed by atoms with Crippen molar-refractivity contribution in [1.29, 1.82) is 0 Å². The molecule has 0 aliphatic rings. The van der Waals surface area contributed by atoms with Crippen molar-refractivity contribution in [2.75, 3.05) is 6.61 Å². The summed E-state index contributed by atoms with van der Waals surface area (Å²) in [6, 6.07) is 6.57. The molecule has 0 aliphatic heterocycles. The topological polar surface area (TPSA) is 46.5 Å². The lowest BCUT2D eigenvalue weighted by Gasteiger charge is -2.06. The molecule has 0 saturated heterocycles. The number of carbonyl (C=O) groups is 1. The highest BCUT2D eigenvalue weighted by atomic mass is 35.5. The number of benzene rings is 1. The van der Waals surface area contributed by atoms with Crippen molar-refractivity contribution >= 4 is 18.4 Å². The Morgan fingerprint density at radius 1 is 1.00 bits per heavy atom. The number of unbranched alkanes of at least 4 members (excludes halogenated alkanes) is 6. The molecule has 0 heterocycles. The highest BCUT2D eigenvalue weighted by Gasteiger charge is 2.01. The lowest BCUT2D eigenvalue weighted by atomic mass is 10.1. The molecule has 1 aromatic rings. The molecule has 0 unspecified atom stereocenters. The van der Waals surface area contributed by atoms with E-state index in [1.54, 1.807) is 24.3 Å². The van der Waals surface area contributed by atoms with Gasteiger partial charge in [0.1, 0.15) is 5.75 Å². The van der Waals surface area contributed by atoms with Crippen molar-refractivity contribution < 1.29 is 14.6 Å².